The summed E-state index contributed by atoms with van der Waals surface area (Å²) in [6.07, 6.45) is 3.24. The predicted molar refractivity (Wildman–Crippen MR) is 77.6 cm³/mol. The number of nitrogens with one attached hydrogen (secondary N) is 1. The number of nitrogens with zero attached hydrogens (tertiary/aromatic N) is 1. The molecule has 0 saturated carbocycles. The Morgan fingerprint density at radius 2 is 1.75 bits per heavy atom. The second kappa shape index (κ2) is 5.40. The molecule has 1 N–H and O–H groups in total. The van der Waals surface area contributed by atoms with Gasteiger partial charge >= 0.3 is 5.97 Å². The second-order valence-corrected chi connectivity index (χ2v) is 4.23. The molecule has 0 unspecified atom stereocenters. The van der Waals surface area contributed by atoms with Gasteiger partial charge in [-0.25, -0.2) is 9.79 Å². The number of carbonyl (C=O) groups excluding carboxylic acids is 1. The molecule has 0 spiro atoms. The number of carbonyl (C=O) groups is 1. The van der Waals surface area contributed by atoms with E-state index in [0.717, 1.165) is 11.3 Å². The van der Waals surface area contributed by atoms with Crippen molar-refractivity contribution < 1.29 is 9.53 Å². The molecule has 2 aromatic carbocycles. The summed E-state index contributed by atoms with van der Waals surface area (Å²) in [6, 6.07) is 16.5. The summed E-state index contributed by atoms with van der Waals surface area (Å²) in [5, 5.41) is 3.07. The van der Waals surface area contributed by atoms with E-state index < -0.39 is 5.97 Å². The van der Waals surface area contributed by atoms with Crippen molar-refractivity contribution in [3.05, 3.63) is 77.8 Å². The van der Waals surface area contributed by atoms with E-state index in [2.05, 4.69) is 10.3 Å². The number of hydrogen-bond acceptors (Lipinski definition) is 4. The molecule has 0 aliphatic carbocycles. The number of anilines is 1. The molecule has 1 aliphatic rings. The van der Waals surface area contributed by atoms with Gasteiger partial charge in [0, 0.05) is 17.5 Å². The summed E-state index contributed by atoms with van der Waals surface area (Å²) in [5.41, 5.74) is 2.35. The summed E-state index contributed by atoms with van der Waals surface area (Å²) in [4.78, 5) is 16.1. The third-order valence-corrected chi connectivity index (χ3v) is 2.85. The van der Waals surface area contributed by atoms with Crippen molar-refractivity contribution in [2.24, 2.45) is 4.99 Å². The van der Waals surface area contributed by atoms with Crippen LogP contribution in [0.3, 0.4) is 0 Å². The maximum Gasteiger partial charge on any atom is 0.344 e. The Kier molecular flexibility index (Phi) is 3.29. The van der Waals surface area contributed by atoms with E-state index >= 15 is 0 Å². The van der Waals surface area contributed by atoms with Crippen LogP contribution >= 0.6 is 0 Å². The average Bonchev–Trinajstić information content (AvgIpc) is 2.71. The first kappa shape index (κ1) is 12.2. The Morgan fingerprint density at radius 3 is 2.60 bits per heavy atom. The number of aliphatic imine (C=N–C) groups is 1. The third kappa shape index (κ3) is 2.59. The number of hydrogen-bond donors (Lipinski definition) is 1. The zero-order valence-electron chi connectivity index (χ0n) is 10.6. The van der Waals surface area contributed by atoms with Crippen molar-refractivity contribution in [2.75, 3.05) is 5.32 Å². The molecule has 0 amide bonds. The summed E-state index contributed by atoms with van der Waals surface area (Å²) < 4.78 is 5.25. The molecule has 0 aromatic heterocycles. The van der Waals surface area contributed by atoms with Gasteiger partial charge in [-0.3, -0.25) is 0 Å². The monoisotopic (exact) mass is 264 g/mol. The molecule has 1 aliphatic heterocycles. The summed E-state index contributed by atoms with van der Waals surface area (Å²) >= 11 is 0. The first-order valence-electron chi connectivity index (χ1n) is 6.20. The van der Waals surface area contributed by atoms with Gasteiger partial charge in [-0.15, -0.1) is 0 Å². The third-order valence-electron chi connectivity index (χ3n) is 2.85. The van der Waals surface area contributed by atoms with Crippen LogP contribution in [0.4, 0.5) is 5.69 Å². The standard InChI is InChI=1S/C16H12N2O2/c19-16(12-6-2-1-3-7-12)20-15-11-17-14-9-5-4-8-13(14)10-18-15/h1-11,17H. The van der Waals surface area contributed by atoms with Gasteiger partial charge in [-0.2, -0.15) is 0 Å². The summed E-state index contributed by atoms with van der Waals surface area (Å²) in [5.74, 6) is -0.197. The fraction of sp³-hybridized carbons (Fsp3) is 0. The van der Waals surface area contributed by atoms with Gasteiger partial charge in [0.05, 0.1) is 11.8 Å². The topological polar surface area (TPSA) is 50.7 Å². The summed E-state index contributed by atoms with van der Waals surface area (Å²) in [6.45, 7) is 0. The lowest BCUT2D eigenvalue weighted by Gasteiger charge is -2.04. The van der Waals surface area contributed by atoms with Crippen LogP contribution in [0.1, 0.15) is 15.9 Å². The van der Waals surface area contributed by atoms with Gasteiger partial charge in [0.1, 0.15) is 0 Å². The number of ether oxygens (including phenoxy) is 1. The smallest absolute Gasteiger partial charge is 0.344 e. The lowest BCUT2D eigenvalue weighted by Crippen LogP contribution is -2.04. The fourth-order valence-electron chi connectivity index (χ4n) is 1.83. The zero-order chi connectivity index (χ0) is 13.8. The van der Waals surface area contributed by atoms with Crippen LogP contribution < -0.4 is 5.32 Å². The molecule has 4 nitrogen and oxygen atoms in total. The van der Waals surface area contributed by atoms with E-state index in [1.807, 2.05) is 30.3 Å². The zero-order valence-corrected chi connectivity index (χ0v) is 10.6. The van der Waals surface area contributed by atoms with Gasteiger partial charge in [0.25, 0.3) is 0 Å². The van der Waals surface area contributed by atoms with E-state index in [1.54, 1.807) is 36.7 Å². The minimum absolute atomic E-state index is 0.232. The Labute approximate surface area is 116 Å². The molecule has 3 rings (SSSR count). The number of rotatable bonds is 2. The molecule has 20 heavy (non-hydrogen) atoms. The second-order valence-electron chi connectivity index (χ2n) is 4.23. The SMILES string of the molecule is O=C(OC1=CNc2ccccc2C=N1)c1ccccc1. The van der Waals surface area contributed by atoms with Crippen LogP contribution in [0.15, 0.2) is 71.7 Å². The van der Waals surface area contributed by atoms with Crippen molar-refractivity contribution in [3.63, 3.8) is 0 Å². The number of benzene rings is 2. The average molecular weight is 264 g/mol. The van der Waals surface area contributed by atoms with E-state index in [4.69, 9.17) is 4.74 Å². The quantitative estimate of drug-likeness (QED) is 0.847. The number of fused-ring (bicyclic) bond motifs is 1. The van der Waals surface area contributed by atoms with Gasteiger partial charge in [-0.1, -0.05) is 36.4 Å². The van der Waals surface area contributed by atoms with Gasteiger partial charge in [0.15, 0.2) is 0 Å². The Hall–Kier alpha value is -2.88. The molecule has 0 atom stereocenters. The van der Waals surface area contributed by atoms with Crippen molar-refractivity contribution in [1.29, 1.82) is 0 Å². The molecule has 0 radical (unpaired) electrons. The van der Waals surface area contributed by atoms with Crippen LogP contribution in [-0.2, 0) is 4.74 Å². The predicted octanol–water partition coefficient (Wildman–Crippen LogP) is 3.19. The van der Waals surface area contributed by atoms with Gasteiger partial charge in [-0.05, 0) is 18.2 Å². The lowest BCUT2D eigenvalue weighted by atomic mass is 10.2. The van der Waals surface area contributed by atoms with Gasteiger partial charge < -0.3 is 10.1 Å². The summed E-state index contributed by atoms with van der Waals surface area (Å²) in [7, 11) is 0. The molecular weight excluding hydrogens is 252 g/mol. The molecule has 98 valence electrons. The van der Waals surface area contributed by atoms with Crippen molar-refractivity contribution in [3.8, 4) is 0 Å². The molecule has 0 saturated heterocycles. The van der Waals surface area contributed by atoms with Crippen LogP contribution in [0.25, 0.3) is 0 Å². The molecular formula is C16H12N2O2. The van der Waals surface area contributed by atoms with Crippen LogP contribution in [0, 0.1) is 0 Å². The fourth-order valence-corrected chi connectivity index (χ4v) is 1.83. The first-order valence-corrected chi connectivity index (χ1v) is 6.20. The van der Waals surface area contributed by atoms with Gasteiger partial charge in [0.2, 0.25) is 5.88 Å². The van der Waals surface area contributed by atoms with Crippen LogP contribution in [-0.4, -0.2) is 12.2 Å². The van der Waals surface area contributed by atoms with Crippen molar-refractivity contribution >= 4 is 17.9 Å². The van der Waals surface area contributed by atoms with E-state index in [-0.39, 0.29) is 5.88 Å². The van der Waals surface area contributed by atoms with E-state index in [1.165, 1.54) is 0 Å². The van der Waals surface area contributed by atoms with E-state index in [0.29, 0.717) is 5.56 Å². The Balaban J connectivity index is 1.77. The van der Waals surface area contributed by atoms with Crippen molar-refractivity contribution in [1.82, 2.24) is 0 Å². The number of para-hydroxylation sites is 1. The van der Waals surface area contributed by atoms with E-state index in [9.17, 15) is 4.79 Å². The maximum absolute atomic E-state index is 11.9. The molecule has 4 heteroatoms. The lowest BCUT2D eigenvalue weighted by molar-refractivity contribution is 0.0622. The first-order chi connectivity index (χ1) is 9.83. The minimum atomic E-state index is -0.429. The normalized spacial score (nSPS) is 12.7. The minimum Gasteiger partial charge on any atom is -0.402 e. The molecule has 0 fully saturated rings. The largest absolute Gasteiger partial charge is 0.402 e. The maximum atomic E-state index is 11.9. The van der Waals surface area contributed by atoms with Crippen molar-refractivity contribution in [2.45, 2.75) is 0 Å². The Bertz CT molecular complexity index is 691. The highest BCUT2D eigenvalue weighted by Gasteiger charge is 2.11. The highest BCUT2D eigenvalue weighted by Crippen LogP contribution is 2.17. The van der Waals surface area contributed by atoms with Crippen LogP contribution in [0.2, 0.25) is 0 Å². The van der Waals surface area contributed by atoms with Crippen LogP contribution in [0.5, 0.6) is 0 Å². The molecule has 0 bridgehead atoms. The molecule has 2 aromatic rings. The molecule has 1 heterocycles. The Morgan fingerprint density at radius 1 is 1.00 bits per heavy atom. The highest BCUT2D eigenvalue weighted by atomic mass is 16.5. The number of esters is 1. The highest BCUT2D eigenvalue weighted by molar-refractivity contribution is 5.92.